The molecule has 1 aliphatic rings. The van der Waals surface area contributed by atoms with Gasteiger partial charge in [0.15, 0.2) is 0 Å². The largest absolute Gasteiger partial charge is 0.391 e. The first-order chi connectivity index (χ1) is 5.55. The van der Waals surface area contributed by atoms with Crippen molar-refractivity contribution in [3.63, 3.8) is 0 Å². The third kappa shape index (κ3) is 2.46. The summed E-state index contributed by atoms with van der Waals surface area (Å²) < 4.78 is 0. The fourth-order valence-electron chi connectivity index (χ4n) is 1.78. The van der Waals surface area contributed by atoms with Crippen molar-refractivity contribution < 1.29 is 5.11 Å². The predicted octanol–water partition coefficient (Wildman–Crippen LogP) is 1.39. The first-order valence-corrected chi connectivity index (χ1v) is 4.94. The molecule has 2 nitrogen and oxygen atoms in total. The Morgan fingerprint density at radius 1 is 1.42 bits per heavy atom. The SMILES string of the molecule is CCC(C)(C)CC1CNCC1O. The van der Waals surface area contributed by atoms with E-state index < -0.39 is 0 Å². The summed E-state index contributed by atoms with van der Waals surface area (Å²) in [7, 11) is 0. The molecule has 12 heavy (non-hydrogen) atoms. The van der Waals surface area contributed by atoms with E-state index in [0.717, 1.165) is 19.5 Å². The minimum absolute atomic E-state index is 0.115. The molecule has 0 bridgehead atoms. The normalized spacial score (nSPS) is 31.0. The third-order valence-corrected chi connectivity index (χ3v) is 3.08. The van der Waals surface area contributed by atoms with E-state index in [9.17, 15) is 5.11 Å². The van der Waals surface area contributed by atoms with Gasteiger partial charge in [0.2, 0.25) is 0 Å². The van der Waals surface area contributed by atoms with Crippen LogP contribution in [0, 0.1) is 11.3 Å². The molecule has 1 rings (SSSR count). The minimum Gasteiger partial charge on any atom is -0.391 e. The van der Waals surface area contributed by atoms with Gasteiger partial charge in [-0.05, 0) is 17.8 Å². The lowest BCUT2D eigenvalue weighted by Crippen LogP contribution is -2.24. The molecule has 2 atom stereocenters. The van der Waals surface area contributed by atoms with E-state index >= 15 is 0 Å². The summed E-state index contributed by atoms with van der Waals surface area (Å²) in [4.78, 5) is 0. The summed E-state index contributed by atoms with van der Waals surface area (Å²) in [5.74, 6) is 0.472. The van der Waals surface area contributed by atoms with E-state index in [1.165, 1.54) is 6.42 Å². The Balaban J connectivity index is 2.39. The van der Waals surface area contributed by atoms with Crippen molar-refractivity contribution in [1.29, 1.82) is 0 Å². The summed E-state index contributed by atoms with van der Waals surface area (Å²) in [5, 5.41) is 12.8. The highest BCUT2D eigenvalue weighted by molar-refractivity contribution is 4.84. The molecule has 0 aromatic carbocycles. The van der Waals surface area contributed by atoms with Crippen molar-refractivity contribution in [2.75, 3.05) is 13.1 Å². The second-order valence-corrected chi connectivity index (χ2v) is 4.71. The van der Waals surface area contributed by atoms with Crippen molar-refractivity contribution in [1.82, 2.24) is 5.32 Å². The number of aliphatic hydroxyl groups excluding tert-OH is 1. The fraction of sp³-hybridized carbons (Fsp3) is 1.00. The molecule has 0 aromatic rings. The Kier molecular flexibility index (Phi) is 3.13. The van der Waals surface area contributed by atoms with Crippen LogP contribution in [0.25, 0.3) is 0 Å². The van der Waals surface area contributed by atoms with Crippen LogP contribution < -0.4 is 5.32 Å². The Bertz CT molecular complexity index is 145. The molecule has 2 unspecified atom stereocenters. The summed E-state index contributed by atoms with van der Waals surface area (Å²) in [6.45, 7) is 8.54. The lowest BCUT2D eigenvalue weighted by atomic mass is 9.80. The number of hydrogen-bond donors (Lipinski definition) is 2. The predicted molar refractivity (Wildman–Crippen MR) is 51.1 cm³/mol. The molecule has 1 saturated heterocycles. The van der Waals surface area contributed by atoms with Crippen LogP contribution in [0.15, 0.2) is 0 Å². The Hall–Kier alpha value is -0.0800. The maximum Gasteiger partial charge on any atom is 0.0705 e. The highest BCUT2D eigenvalue weighted by Gasteiger charge is 2.30. The monoisotopic (exact) mass is 171 g/mol. The van der Waals surface area contributed by atoms with Gasteiger partial charge in [0.1, 0.15) is 0 Å². The third-order valence-electron chi connectivity index (χ3n) is 3.08. The number of aliphatic hydroxyl groups is 1. The average molecular weight is 171 g/mol. The zero-order chi connectivity index (χ0) is 9.19. The standard InChI is InChI=1S/C10H21NO/c1-4-10(2,3)5-8-6-11-7-9(8)12/h8-9,11-12H,4-7H2,1-3H3. The van der Waals surface area contributed by atoms with Gasteiger partial charge < -0.3 is 10.4 Å². The first-order valence-electron chi connectivity index (χ1n) is 4.94. The lowest BCUT2D eigenvalue weighted by molar-refractivity contribution is 0.114. The maximum absolute atomic E-state index is 9.59. The molecule has 1 aliphatic heterocycles. The van der Waals surface area contributed by atoms with Crippen LogP contribution in [0.1, 0.15) is 33.6 Å². The van der Waals surface area contributed by atoms with Crippen molar-refractivity contribution in [2.24, 2.45) is 11.3 Å². The zero-order valence-corrected chi connectivity index (χ0v) is 8.43. The average Bonchev–Trinajstić information content (AvgIpc) is 2.36. The number of hydrogen-bond acceptors (Lipinski definition) is 2. The van der Waals surface area contributed by atoms with E-state index in [-0.39, 0.29) is 6.10 Å². The van der Waals surface area contributed by atoms with Crippen LogP contribution in [0.5, 0.6) is 0 Å². The second kappa shape index (κ2) is 3.75. The van der Waals surface area contributed by atoms with Crippen molar-refractivity contribution in [3.8, 4) is 0 Å². The first kappa shape index (κ1) is 10.0. The van der Waals surface area contributed by atoms with Crippen LogP contribution in [0.3, 0.4) is 0 Å². The van der Waals surface area contributed by atoms with Crippen LogP contribution >= 0.6 is 0 Å². The quantitative estimate of drug-likeness (QED) is 0.672. The van der Waals surface area contributed by atoms with Crippen LogP contribution in [-0.2, 0) is 0 Å². The van der Waals surface area contributed by atoms with Gasteiger partial charge in [-0.15, -0.1) is 0 Å². The Morgan fingerprint density at radius 2 is 2.08 bits per heavy atom. The van der Waals surface area contributed by atoms with E-state index in [1.54, 1.807) is 0 Å². The number of rotatable bonds is 3. The van der Waals surface area contributed by atoms with Crippen LogP contribution in [0.2, 0.25) is 0 Å². The molecule has 1 heterocycles. The second-order valence-electron chi connectivity index (χ2n) is 4.71. The molecule has 72 valence electrons. The smallest absolute Gasteiger partial charge is 0.0705 e. The Labute approximate surface area is 75.4 Å². The fourth-order valence-corrected chi connectivity index (χ4v) is 1.78. The topological polar surface area (TPSA) is 32.3 Å². The molecule has 0 radical (unpaired) electrons. The molecule has 0 amide bonds. The zero-order valence-electron chi connectivity index (χ0n) is 8.43. The molecular weight excluding hydrogens is 150 g/mol. The molecule has 0 aromatic heterocycles. The van der Waals surface area contributed by atoms with Gasteiger partial charge in [0.25, 0.3) is 0 Å². The molecule has 0 spiro atoms. The Morgan fingerprint density at radius 3 is 2.50 bits per heavy atom. The molecule has 0 saturated carbocycles. The number of β-amino-alcohol motifs (C(OH)–C–C–N with tert-alkyl or cyclic N) is 1. The summed E-state index contributed by atoms with van der Waals surface area (Å²) >= 11 is 0. The van der Waals surface area contributed by atoms with Crippen molar-refractivity contribution in [3.05, 3.63) is 0 Å². The molecule has 1 fully saturated rings. The van der Waals surface area contributed by atoms with Crippen LogP contribution in [-0.4, -0.2) is 24.3 Å². The van der Waals surface area contributed by atoms with E-state index in [4.69, 9.17) is 0 Å². The van der Waals surface area contributed by atoms with Crippen LogP contribution in [0.4, 0.5) is 0 Å². The summed E-state index contributed by atoms with van der Waals surface area (Å²) in [6, 6.07) is 0. The summed E-state index contributed by atoms with van der Waals surface area (Å²) in [6.07, 6.45) is 2.21. The maximum atomic E-state index is 9.59. The van der Waals surface area contributed by atoms with Gasteiger partial charge in [-0.25, -0.2) is 0 Å². The molecule has 0 aliphatic carbocycles. The van der Waals surface area contributed by atoms with Crippen molar-refractivity contribution >= 4 is 0 Å². The van der Waals surface area contributed by atoms with E-state index in [2.05, 4.69) is 26.1 Å². The molecule has 2 N–H and O–H groups in total. The highest BCUT2D eigenvalue weighted by Crippen LogP contribution is 2.31. The van der Waals surface area contributed by atoms with Crippen molar-refractivity contribution in [2.45, 2.75) is 39.7 Å². The van der Waals surface area contributed by atoms with Gasteiger partial charge in [0, 0.05) is 13.1 Å². The highest BCUT2D eigenvalue weighted by atomic mass is 16.3. The van der Waals surface area contributed by atoms with Gasteiger partial charge in [-0.3, -0.25) is 0 Å². The minimum atomic E-state index is -0.115. The van der Waals surface area contributed by atoms with Gasteiger partial charge >= 0.3 is 0 Å². The molecular formula is C10H21NO. The van der Waals surface area contributed by atoms with Gasteiger partial charge in [-0.2, -0.15) is 0 Å². The van der Waals surface area contributed by atoms with Gasteiger partial charge in [-0.1, -0.05) is 27.2 Å². The lowest BCUT2D eigenvalue weighted by Gasteiger charge is -2.27. The van der Waals surface area contributed by atoms with Gasteiger partial charge in [0.05, 0.1) is 6.10 Å². The summed E-state index contributed by atoms with van der Waals surface area (Å²) in [5.41, 5.74) is 0.387. The van der Waals surface area contributed by atoms with E-state index in [0.29, 0.717) is 11.3 Å². The molecule has 2 heteroatoms. The van der Waals surface area contributed by atoms with E-state index in [1.807, 2.05) is 0 Å². The number of nitrogens with one attached hydrogen (secondary N) is 1.